The van der Waals surface area contributed by atoms with Crippen molar-refractivity contribution in [2.75, 3.05) is 5.32 Å². The minimum atomic E-state index is -0.301. The van der Waals surface area contributed by atoms with E-state index in [0.717, 1.165) is 5.56 Å². The van der Waals surface area contributed by atoms with Gasteiger partial charge in [-0.1, -0.05) is 6.07 Å². The lowest BCUT2D eigenvalue weighted by Crippen LogP contribution is -2.19. The van der Waals surface area contributed by atoms with Crippen LogP contribution in [0.15, 0.2) is 36.7 Å². The average molecular weight is 235 g/mol. The summed E-state index contributed by atoms with van der Waals surface area (Å²) >= 11 is 5.13. The smallest absolute Gasteiger partial charge is 0.198 e. The van der Waals surface area contributed by atoms with E-state index in [1.165, 1.54) is 16.8 Å². The molecule has 0 aliphatic carbocycles. The molecule has 0 atom stereocenters. The normalized spacial score (nSPS) is 10.1. The zero-order chi connectivity index (χ0) is 11.5. The molecule has 1 aromatic heterocycles. The highest BCUT2D eigenvalue weighted by atomic mass is 32.1. The van der Waals surface area contributed by atoms with E-state index in [1.807, 2.05) is 6.92 Å². The van der Waals surface area contributed by atoms with E-state index in [-0.39, 0.29) is 5.82 Å². The molecule has 1 heterocycles. The first-order valence-corrected chi connectivity index (χ1v) is 5.14. The predicted octanol–water partition coefficient (Wildman–Crippen LogP) is 2.58. The van der Waals surface area contributed by atoms with E-state index in [1.54, 1.807) is 24.5 Å². The maximum Gasteiger partial charge on any atom is 0.198 e. The van der Waals surface area contributed by atoms with Gasteiger partial charge in [0.2, 0.25) is 0 Å². The fourth-order valence-electron chi connectivity index (χ4n) is 1.27. The zero-order valence-electron chi connectivity index (χ0n) is 8.64. The third-order valence-corrected chi connectivity index (χ3v) is 2.28. The SMILES string of the molecule is Cc1cnn(C(=S)Nc2cccc(F)c2)c1. The van der Waals surface area contributed by atoms with Crippen molar-refractivity contribution in [3.8, 4) is 0 Å². The zero-order valence-corrected chi connectivity index (χ0v) is 9.46. The van der Waals surface area contributed by atoms with Crippen molar-refractivity contribution in [1.82, 2.24) is 9.78 Å². The quantitative estimate of drug-likeness (QED) is 0.770. The second-order valence-corrected chi connectivity index (χ2v) is 3.79. The van der Waals surface area contributed by atoms with E-state index in [9.17, 15) is 4.39 Å². The molecule has 0 fully saturated rings. The highest BCUT2D eigenvalue weighted by Crippen LogP contribution is 2.09. The number of hydrogen-bond acceptors (Lipinski definition) is 2. The van der Waals surface area contributed by atoms with Gasteiger partial charge in [-0.25, -0.2) is 9.07 Å². The van der Waals surface area contributed by atoms with Crippen LogP contribution in [0.5, 0.6) is 0 Å². The summed E-state index contributed by atoms with van der Waals surface area (Å²) in [6.45, 7) is 1.92. The van der Waals surface area contributed by atoms with E-state index in [0.29, 0.717) is 10.8 Å². The Kier molecular flexibility index (Phi) is 2.96. The molecule has 0 saturated carbocycles. The van der Waals surface area contributed by atoms with E-state index in [2.05, 4.69) is 10.4 Å². The van der Waals surface area contributed by atoms with Crippen molar-refractivity contribution in [3.63, 3.8) is 0 Å². The standard InChI is InChI=1S/C11H10FN3S/c1-8-6-13-15(7-8)11(16)14-10-4-2-3-9(12)5-10/h2-7H,1H3,(H,14,16). The average Bonchev–Trinajstić information content (AvgIpc) is 2.65. The van der Waals surface area contributed by atoms with Crippen LogP contribution < -0.4 is 5.32 Å². The van der Waals surface area contributed by atoms with Crippen molar-refractivity contribution < 1.29 is 4.39 Å². The van der Waals surface area contributed by atoms with Crippen LogP contribution >= 0.6 is 12.2 Å². The summed E-state index contributed by atoms with van der Waals surface area (Å²) in [5.41, 5.74) is 1.63. The van der Waals surface area contributed by atoms with Crippen molar-refractivity contribution in [2.24, 2.45) is 0 Å². The first-order chi connectivity index (χ1) is 7.65. The lowest BCUT2D eigenvalue weighted by Gasteiger charge is -2.07. The molecule has 1 N–H and O–H groups in total. The molecular formula is C11H10FN3S. The molecule has 2 aromatic rings. The van der Waals surface area contributed by atoms with Crippen molar-refractivity contribution >= 4 is 23.0 Å². The van der Waals surface area contributed by atoms with Gasteiger partial charge in [0.15, 0.2) is 5.11 Å². The molecule has 0 aliphatic heterocycles. The lowest BCUT2D eigenvalue weighted by atomic mass is 10.3. The van der Waals surface area contributed by atoms with Crippen LogP contribution in [0.4, 0.5) is 10.1 Å². The Morgan fingerprint density at radius 1 is 1.50 bits per heavy atom. The maximum absolute atomic E-state index is 12.9. The third kappa shape index (κ3) is 2.43. The molecule has 0 spiro atoms. The van der Waals surface area contributed by atoms with Gasteiger partial charge in [-0.2, -0.15) is 5.10 Å². The largest absolute Gasteiger partial charge is 0.331 e. The second kappa shape index (κ2) is 4.40. The van der Waals surface area contributed by atoms with Gasteiger partial charge in [0.25, 0.3) is 0 Å². The van der Waals surface area contributed by atoms with Crippen LogP contribution in [-0.4, -0.2) is 14.9 Å². The summed E-state index contributed by atoms with van der Waals surface area (Å²) in [6, 6.07) is 6.12. The van der Waals surface area contributed by atoms with Crippen LogP contribution in [-0.2, 0) is 0 Å². The monoisotopic (exact) mass is 235 g/mol. The Hall–Kier alpha value is -1.75. The van der Waals surface area contributed by atoms with E-state index >= 15 is 0 Å². The number of aryl methyl sites for hydroxylation is 1. The summed E-state index contributed by atoms with van der Waals surface area (Å²) in [7, 11) is 0. The summed E-state index contributed by atoms with van der Waals surface area (Å²) in [5.74, 6) is -0.301. The fourth-order valence-corrected chi connectivity index (χ4v) is 1.49. The topological polar surface area (TPSA) is 29.9 Å². The van der Waals surface area contributed by atoms with E-state index < -0.39 is 0 Å². The molecule has 0 unspecified atom stereocenters. The predicted molar refractivity (Wildman–Crippen MR) is 65.0 cm³/mol. The first-order valence-electron chi connectivity index (χ1n) is 4.73. The molecule has 0 saturated heterocycles. The summed E-state index contributed by atoms with van der Waals surface area (Å²) in [5, 5.41) is 7.37. The Morgan fingerprint density at radius 3 is 2.94 bits per heavy atom. The van der Waals surface area contributed by atoms with Gasteiger partial charge in [0.1, 0.15) is 5.82 Å². The van der Waals surface area contributed by atoms with Gasteiger partial charge in [0.05, 0.1) is 6.20 Å². The molecule has 5 heteroatoms. The number of aromatic nitrogens is 2. The van der Waals surface area contributed by atoms with Gasteiger partial charge in [0, 0.05) is 11.9 Å². The Morgan fingerprint density at radius 2 is 2.31 bits per heavy atom. The molecule has 3 nitrogen and oxygen atoms in total. The van der Waals surface area contributed by atoms with Gasteiger partial charge in [-0.15, -0.1) is 0 Å². The molecule has 0 amide bonds. The number of halogens is 1. The van der Waals surface area contributed by atoms with Crippen molar-refractivity contribution in [3.05, 3.63) is 48.0 Å². The second-order valence-electron chi connectivity index (χ2n) is 3.40. The van der Waals surface area contributed by atoms with Crippen LogP contribution in [0, 0.1) is 12.7 Å². The molecule has 0 aliphatic rings. The number of rotatable bonds is 1. The number of nitrogens with zero attached hydrogens (tertiary/aromatic N) is 2. The summed E-state index contributed by atoms with van der Waals surface area (Å²) < 4.78 is 14.5. The Balaban J connectivity index is 2.13. The Bertz CT molecular complexity index is 521. The molecule has 2 rings (SSSR count). The van der Waals surface area contributed by atoms with Crippen LogP contribution in [0.25, 0.3) is 0 Å². The minimum absolute atomic E-state index is 0.301. The molecule has 0 bridgehead atoms. The third-order valence-electron chi connectivity index (χ3n) is 2.00. The summed E-state index contributed by atoms with van der Waals surface area (Å²) in [4.78, 5) is 0. The lowest BCUT2D eigenvalue weighted by molar-refractivity contribution is 0.628. The molecule has 82 valence electrons. The highest BCUT2D eigenvalue weighted by Gasteiger charge is 2.02. The molecular weight excluding hydrogens is 225 g/mol. The number of thiocarbonyl (C=S) groups is 1. The maximum atomic E-state index is 12.9. The van der Waals surface area contributed by atoms with E-state index in [4.69, 9.17) is 12.2 Å². The van der Waals surface area contributed by atoms with Gasteiger partial charge in [-0.05, 0) is 42.9 Å². The van der Waals surface area contributed by atoms with Crippen molar-refractivity contribution in [1.29, 1.82) is 0 Å². The van der Waals surface area contributed by atoms with Crippen LogP contribution in [0.3, 0.4) is 0 Å². The molecule has 1 aromatic carbocycles. The Labute approximate surface area is 97.9 Å². The minimum Gasteiger partial charge on any atom is -0.331 e. The van der Waals surface area contributed by atoms with Gasteiger partial charge < -0.3 is 5.32 Å². The fraction of sp³-hybridized carbons (Fsp3) is 0.0909. The number of nitrogens with one attached hydrogen (secondary N) is 1. The van der Waals surface area contributed by atoms with Gasteiger partial charge in [-0.3, -0.25) is 0 Å². The number of anilines is 1. The van der Waals surface area contributed by atoms with Crippen LogP contribution in [0.2, 0.25) is 0 Å². The molecule has 0 radical (unpaired) electrons. The number of benzene rings is 1. The number of hydrogen-bond donors (Lipinski definition) is 1. The first kappa shape index (κ1) is 10.8. The van der Waals surface area contributed by atoms with Gasteiger partial charge >= 0.3 is 0 Å². The van der Waals surface area contributed by atoms with Crippen molar-refractivity contribution in [2.45, 2.75) is 6.92 Å². The van der Waals surface area contributed by atoms with Crippen LogP contribution in [0.1, 0.15) is 5.56 Å². The molecule has 16 heavy (non-hydrogen) atoms. The highest BCUT2D eigenvalue weighted by molar-refractivity contribution is 7.80. The summed E-state index contributed by atoms with van der Waals surface area (Å²) in [6.07, 6.45) is 3.51.